The van der Waals surface area contributed by atoms with E-state index in [-0.39, 0.29) is 22.4 Å². The predicted molar refractivity (Wildman–Crippen MR) is 168 cm³/mol. The number of aliphatic carboxylic acids is 1. The largest absolute Gasteiger partial charge is 0.477 e. The van der Waals surface area contributed by atoms with Crippen molar-refractivity contribution < 1.29 is 42.0 Å². The van der Waals surface area contributed by atoms with E-state index in [1.165, 1.54) is 9.21 Å². The number of primary amides is 1. The number of nitrogens with two attached hydrogens (primary N) is 1. The Bertz CT molecular complexity index is 1830. The number of quaternary nitrogens is 2. The van der Waals surface area contributed by atoms with E-state index in [1.54, 1.807) is 13.0 Å². The summed E-state index contributed by atoms with van der Waals surface area (Å²) >= 11 is 0. The maximum absolute atomic E-state index is 14.4. The summed E-state index contributed by atoms with van der Waals surface area (Å²) in [7, 11) is -4.01. The number of carbonyl (C=O) groups excluding carboxylic acids is 2. The van der Waals surface area contributed by atoms with Crippen LogP contribution in [0.3, 0.4) is 0 Å². The summed E-state index contributed by atoms with van der Waals surface area (Å²) in [6.45, 7) is 8.71. The lowest BCUT2D eigenvalue weighted by Crippen LogP contribution is -2.76. The standard InChI is InChI=1S/C33H39N5O7S/c1-19(39)27-30-22-5-3-7-24(29(22)31(33(42)43)35(30)32(27)41)36-23-6-2-4-21-20(8-9-25(28(21)23)46(36,44)45)10-11-37-12-15-38(16-13-37,17-14-37)18-26(34)40/h2,4,6,8-9,19,22,24,27,30,39H,3,5,7,10-18H2,1H3,(H-2,34,40,42,43)/p+2/t19?,22-,24?,27?,30?,37?,38?/m0/s1. The number of carboxylic acids is 1. The van der Waals surface area contributed by atoms with Gasteiger partial charge < -0.3 is 29.8 Å². The average molecular weight is 652 g/mol. The molecule has 13 heteroatoms. The van der Waals surface area contributed by atoms with E-state index >= 15 is 0 Å². The Labute approximate surface area is 267 Å². The molecule has 2 aromatic rings. The summed E-state index contributed by atoms with van der Waals surface area (Å²) < 4.78 is 31.9. The maximum Gasteiger partial charge on any atom is 0.352 e. The second-order valence-corrected chi connectivity index (χ2v) is 16.3. The quantitative estimate of drug-likeness (QED) is 0.281. The van der Waals surface area contributed by atoms with E-state index in [9.17, 15) is 33.0 Å². The van der Waals surface area contributed by atoms with Crippen molar-refractivity contribution in [3.8, 4) is 0 Å². The van der Waals surface area contributed by atoms with Gasteiger partial charge in [-0.15, -0.1) is 0 Å². The first kappa shape index (κ1) is 29.9. The molecule has 2 aromatic carbocycles. The highest BCUT2D eigenvalue weighted by Crippen LogP contribution is 2.55. The maximum atomic E-state index is 14.4. The van der Waals surface area contributed by atoms with Gasteiger partial charge >= 0.3 is 5.97 Å². The van der Waals surface area contributed by atoms with Gasteiger partial charge in [-0.25, -0.2) is 13.2 Å². The first-order chi connectivity index (χ1) is 21.9. The lowest BCUT2D eigenvalue weighted by atomic mass is 9.71. The number of amides is 2. The highest BCUT2D eigenvalue weighted by Gasteiger charge is 2.63. The number of carboxylic acid groups (broad SMARTS) is 1. The molecule has 0 spiro atoms. The fraction of sp³-hybridized carbons (Fsp3) is 0.545. The first-order valence-corrected chi connectivity index (χ1v) is 17.9. The van der Waals surface area contributed by atoms with Crippen LogP contribution in [0.2, 0.25) is 0 Å². The minimum atomic E-state index is -4.01. The summed E-state index contributed by atoms with van der Waals surface area (Å²) in [6.07, 6.45) is 1.63. The van der Waals surface area contributed by atoms with E-state index in [4.69, 9.17) is 5.73 Å². The van der Waals surface area contributed by atoms with Crippen LogP contribution in [0.1, 0.15) is 31.7 Å². The Morgan fingerprint density at radius 1 is 1.04 bits per heavy atom. The third kappa shape index (κ3) is 4.01. The van der Waals surface area contributed by atoms with Gasteiger partial charge in [-0.1, -0.05) is 24.6 Å². The van der Waals surface area contributed by atoms with E-state index in [1.807, 2.05) is 24.3 Å². The predicted octanol–water partition coefficient (Wildman–Crippen LogP) is 0.766. The Morgan fingerprint density at radius 2 is 1.74 bits per heavy atom. The molecule has 0 radical (unpaired) electrons. The average Bonchev–Trinajstić information content (AvgIpc) is 3.44. The van der Waals surface area contributed by atoms with Gasteiger partial charge in [0.05, 0.1) is 41.2 Å². The van der Waals surface area contributed by atoms with Crippen LogP contribution in [0.25, 0.3) is 10.8 Å². The Hall–Kier alpha value is -3.52. The number of fused-ring (bicyclic) bond motifs is 6. The van der Waals surface area contributed by atoms with Crippen LogP contribution in [0.15, 0.2) is 46.5 Å². The smallest absolute Gasteiger partial charge is 0.352 e. The molecule has 4 saturated heterocycles. The molecule has 12 nitrogen and oxygen atoms in total. The third-order valence-corrected chi connectivity index (χ3v) is 14.1. The van der Waals surface area contributed by atoms with Crippen LogP contribution in [0, 0.1) is 11.8 Å². The van der Waals surface area contributed by atoms with Crippen molar-refractivity contribution in [1.29, 1.82) is 0 Å². The van der Waals surface area contributed by atoms with Crippen LogP contribution in [-0.4, -0.2) is 121 Å². The summed E-state index contributed by atoms with van der Waals surface area (Å²) in [5.41, 5.74) is 7.57. The minimum Gasteiger partial charge on any atom is -0.477 e. The zero-order chi connectivity index (χ0) is 32.3. The van der Waals surface area contributed by atoms with Gasteiger partial charge in [-0.3, -0.25) is 13.9 Å². The summed E-state index contributed by atoms with van der Waals surface area (Å²) in [5, 5.41) is 22.3. The van der Waals surface area contributed by atoms with Gasteiger partial charge in [0.2, 0.25) is 5.91 Å². The van der Waals surface area contributed by atoms with Crippen LogP contribution in [0.4, 0.5) is 5.69 Å². The van der Waals surface area contributed by atoms with E-state index in [0.29, 0.717) is 42.5 Å². The molecule has 5 fully saturated rings. The molecule has 2 amide bonds. The molecule has 7 aliphatic rings. The van der Waals surface area contributed by atoms with E-state index in [2.05, 4.69) is 0 Å². The number of benzene rings is 2. The topological polar surface area (TPSA) is 158 Å². The normalized spacial score (nSPS) is 34.4. The number of hydrogen-bond acceptors (Lipinski definition) is 6. The van der Waals surface area contributed by atoms with Crippen LogP contribution in [0.5, 0.6) is 0 Å². The molecule has 244 valence electrons. The number of nitrogens with zero attached hydrogens (tertiary/aromatic N) is 4. The van der Waals surface area contributed by atoms with Crippen LogP contribution in [-0.2, 0) is 30.8 Å². The lowest BCUT2D eigenvalue weighted by molar-refractivity contribution is -1.08. The van der Waals surface area contributed by atoms with Gasteiger partial charge in [0.25, 0.3) is 15.9 Å². The van der Waals surface area contributed by atoms with Gasteiger partial charge in [0.15, 0.2) is 6.54 Å². The van der Waals surface area contributed by atoms with Crippen molar-refractivity contribution >= 4 is 44.3 Å². The van der Waals surface area contributed by atoms with Gasteiger partial charge in [0, 0.05) is 17.7 Å². The molecule has 6 aliphatic heterocycles. The Morgan fingerprint density at radius 3 is 2.39 bits per heavy atom. The van der Waals surface area contributed by atoms with Crippen molar-refractivity contribution in [2.45, 2.75) is 55.7 Å². The number of carbonyl (C=O) groups is 3. The zero-order valence-electron chi connectivity index (χ0n) is 26.0. The van der Waals surface area contributed by atoms with Crippen molar-refractivity contribution in [3.63, 3.8) is 0 Å². The number of β-lactam (4-membered cyclic amide) rings is 1. The van der Waals surface area contributed by atoms with Crippen molar-refractivity contribution in [2.24, 2.45) is 17.6 Å². The second kappa shape index (κ2) is 9.99. The van der Waals surface area contributed by atoms with Gasteiger partial charge in [-0.2, -0.15) is 0 Å². The SMILES string of the molecule is CC(O)C1C(=O)N2C(C(=O)O)=C3C(N4c5cccc6c(CC[N+]78CC[N+](CC(N)=O)(CC7)CC8)ccc(c56)S4(=O)=O)CCC[C@@H]3C12. The monoisotopic (exact) mass is 651 g/mol. The Kier molecular flexibility index (Phi) is 6.48. The number of sulfonamides is 1. The van der Waals surface area contributed by atoms with Gasteiger partial charge in [0.1, 0.15) is 45.0 Å². The molecular formula is C33H41N5O7S+2. The molecule has 2 bridgehead atoms. The number of piperazine rings is 3. The molecule has 1 saturated carbocycles. The lowest BCUT2D eigenvalue weighted by Gasteiger charge is -2.55. The Balaban J connectivity index is 1.13. The van der Waals surface area contributed by atoms with E-state index < -0.39 is 46.0 Å². The summed E-state index contributed by atoms with van der Waals surface area (Å²) in [5.74, 6) is -2.91. The third-order valence-electron chi connectivity index (χ3n) is 12.2. The van der Waals surface area contributed by atoms with E-state index in [0.717, 1.165) is 72.1 Å². The van der Waals surface area contributed by atoms with Crippen molar-refractivity contribution in [3.05, 3.63) is 47.2 Å². The minimum absolute atomic E-state index is 0.115. The fourth-order valence-corrected chi connectivity index (χ4v) is 11.8. The first-order valence-electron chi connectivity index (χ1n) is 16.4. The number of rotatable bonds is 8. The zero-order valence-corrected chi connectivity index (χ0v) is 26.8. The molecule has 4 N–H and O–H groups in total. The molecule has 46 heavy (non-hydrogen) atoms. The molecular weight excluding hydrogens is 610 g/mol. The highest BCUT2D eigenvalue weighted by molar-refractivity contribution is 7.93. The number of anilines is 1. The molecule has 5 atom stereocenters. The molecule has 4 unspecified atom stereocenters. The molecule has 0 aromatic heterocycles. The second-order valence-electron chi connectivity index (χ2n) is 14.5. The molecule has 1 aliphatic carbocycles. The van der Waals surface area contributed by atoms with Crippen LogP contribution < -0.4 is 10.0 Å². The summed E-state index contributed by atoms with van der Waals surface area (Å²) in [6, 6.07) is 8.11. The highest BCUT2D eigenvalue weighted by atomic mass is 32.2. The van der Waals surface area contributed by atoms with Gasteiger partial charge in [-0.05, 0) is 48.4 Å². The number of aliphatic hydroxyl groups is 1. The molecule has 6 heterocycles. The summed E-state index contributed by atoms with van der Waals surface area (Å²) in [4.78, 5) is 38.9. The van der Waals surface area contributed by atoms with Crippen molar-refractivity contribution in [2.75, 3.05) is 56.7 Å². The van der Waals surface area contributed by atoms with Crippen LogP contribution >= 0.6 is 0 Å². The number of aliphatic hydroxyl groups excluding tert-OH is 1. The number of hydrogen-bond donors (Lipinski definition) is 3. The molecule has 9 rings (SSSR count). The fourth-order valence-electron chi connectivity index (χ4n) is 9.91. The van der Waals surface area contributed by atoms with Crippen molar-refractivity contribution in [1.82, 2.24) is 4.90 Å².